The number of carboxylic acid groups (broad SMARTS) is 1. The fourth-order valence-corrected chi connectivity index (χ4v) is 4.32. The molecule has 0 radical (unpaired) electrons. The number of aliphatic imine (C=N–C) groups is 1. The summed E-state index contributed by atoms with van der Waals surface area (Å²) in [6.07, 6.45) is 10.3. The van der Waals surface area contributed by atoms with E-state index < -0.39 is 11.6 Å². The van der Waals surface area contributed by atoms with Gasteiger partial charge in [-0.05, 0) is 81.2 Å². The van der Waals surface area contributed by atoms with Crippen LogP contribution in [0, 0.1) is 0 Å². The Hall–Kier alpha value is -2.89. The van der Waals surface area contributed by atoms with Crippen LogP contribution in [0.25, 0.3) is 0 Å². The number of nitrogens with zero attached hydrogens (tertiary/aromatic N) is 2. The van der Waals surface area contributed by atoms with Crippen LogP contribution in [0.5, 0.6) is 0 Å². The third-order valence-corrected chi connectivity index (χ3v) is 5.90. The maximum Gasteiger partial charge on any atom is 0.356 e. The zero-order chi connectivity index (χ0) is 20.4. The Morgan fingerprint density at radius 1 is 1.17 bits per heavy atom. The molecule has 4 rings (SSSR count). The Morgan fingerprint density at radius 3 is 2.76 bits per heavy atom. The number of hydrogen-bond acceptors (Lipinski definition) is 5. The number of hydrogen-bond donors (Lipinski definition) is 2. The van der Waals surface area contributed by atoms with Gasteiger partial charge in [0.1, 0.15) is 6.54 Å². The highest BCUT2D eigenvalue weighted by molar-refractivity contribution is 5.88. The van der Waals surface area contributed by atoms with E-state index in [4.69, 9.17) is 4.74 Å². The van der Waals surface area contributed by atoms with Crippen molar-refractivity contribution in [3.8, 4) is 0 Å². The van der Waals surface area contributed by atoms with Crippen LogP contribution in [-0.2, 0) is 15.1 Å². The van der Waals surface area contributed by atoms with Gasteiger partial charge in [0.2, 0.25) is 0 Å². The predicted octanol–water partition coefficient (Wildman–Crippen LogP) is 4.22. The van der Waals surface area contributed by atoms with Crippen molar-refractivity contribution in [3.05, 3.63) is 64.2 Å². The van der Waals surface area contributed by atoms with E-state index in [0.29, 0.717) is 5.69 Å². The van der Waals surface area contributed by atoms with Crippen LogP contribution in [-0.4, -0.2) is 28.6 Å². The lowest BCUT2D eigenvalue weighted by Gasteiger charge is -2.24. The minimum absolute atomic E-state index is 0.00107. The molecule has 6 nitrogen and oxygen atoms in total. The second-order valence-corrected chi connectivity index (χ2v) is 8.05. The van der Waals surface area contributed by atoms with Gasteiger partial charge in [-0.25, -0.2) is 9.79 Å². The molecule has 1 unspecified atom stereocenters. The van der Waals surface area contributed by atoms with Gasteiger partial charge in [-0.3, -0.25) is 4.98 Å². The van der Waals surface area contributed by atoms with Crippen molar-refractivity contribution in [2.45, 2.75) is 58.0 Å². The van der Waals surface area contributed by atoms with Crippen LogP contribution in [0.3, 0.4) is 0 Å². The monoisotopic (exact) mass is 393 g/mol. The van der Waals surface area contributed by atoms with Crippen molar-refractivity contribution in [3.63, 3.8) is 0 Å². The first kappa shape index (κ1) is 19.4. The quantitative estimate of drug-likeness (QED) is 0.803. The van der Waals surface area contributed by atoms with Crippen LogP contribution >= 0.6 is 0 Å². The molecule has 152 valence electrons. The molecule has 0 bridgehead atoms. The predicted molar refractivity (Wildman–Crippen MR) is 111 cm³/mol. The first-order valence-corrected chi connectivity index (χ1v) is 10.2. The summed E-state index contributed by atoms with van der Waals surface area (Å²) < 4.78 is 5.93. The normalized spacial score (nSPS) is 29.0. The van der Waals surface area contributed by atoms with E-state index in [1.807, 2.05) is 0 Å². The lowest BCUT2D eigenvalue weighted by molar-refractivity contribution is -0.155. The van der Waals surface area contributed by atoms with Gasteiger partial charge in [-0.2, -0.15) is 0 Å². The summed E-state index contributed by atoms with van der Waals surface area (Å²) in [6, 6.07) is 5.44. The molecule has 0 fully saturated rings. The molecule has 1 aromatic rings. The van der Waals surface area contributed by atoms with Crippen molar-refractivity contribution in [2.24, 2.45) is 4.99 Å². The van der Waals surface area contributed by atoms with Gasteiger partial charge in [0.15, 0.2) is 0 Å². The molecule has 0 saturated carbocycles. The average molecular weight is 393 g/mol. The van der Waals surface area contributed by atoms with Crippen LogP contribution in [0.2, 0.25) is 0 Å². The molecule has 1 atom stereocenters. The van der Waals surface area contributed by atoms with E-state index in [-0.39, 0.29) is 12.6 Å². The first-order chi connectivity index (χ1) is 14.0. The second-order valence-electron chi connectivity index (χ2n) is 8.05. The molecule has 1 aliphatic heterocycles. The van der Waals surface area contributed by atoms with Gasteiger partial charge in [-0.1, -0.05) is 17.7 Å². The van der Waals surface area contributed by atoms with Gasteiger partial charge < -0.3 is 15.2 Å². The number of nitrogens with one attached hydrogen (secondary N) is 1. The van der Waals surface area contributed by atoms with Gasteiger partial charge >= 0.3 is 5.97 Å². The number of ether oxygens (including phenoxy) is 1. The summed E-state index contributed by atoms with van der Waals surface area (Å²) in [7, 11) is 0. The number of pyridine rings is 1. The third-order valence-electron chi connectivity index (χ3n) is 5.90. The smallest absolute Gasteiger partial charge is 0.356 e. The summed E-state index contributed by atoms with van der Waals surface area (Å²) in [4.78, 5) is 20.7. The summed E-state index contributed by atoms with van der Waals surface area (Å²) in [5.41, 5.74) is 5.18. The number of aromatic nitrogens is 1. The highest BCUT2D eigenvalue weighted by atomic mass is 16.6. The Bertz CT molecular complexity index is 943. The van der Waals surface area contributed by atoms with Crippen molar-refractivity contribution in [2.75, 3.05) is 6.54 Å². The fraction of sp³-hybridized carbons (Fsp3) is 0.435. The number of allylic oxidation sites excluding steroid dienone is 5. The van der Waals surface area contributed by atoms with Gasteiger partial charge in [-0.15, -0.1) is 0 Å². The molecule has 6 heteroatoms. The molecular weight excluding hydrogens is 366 g/mol. The molecule has 0 spiro atoms. The standard InChI is InChI=1S/C23H27N3O3/c1-15-7-5-8-16(2)20(18-10-6-9-17(18)13-15)26-22-25-14-23(29-22,21(27)28)19-11-3-4-12-24-19/h3-4,11-13H,5-10,14H2,1-2H3,(H,25,26)(H,27,28)/b15-13+,20-16-. The molecule has 0 amide bonds. The Labute approximate surface area is 171 Å². The van der Waals surface area contributed by atoms with Crippen molar-refractivity contribution >= 4 is 12.0 Å². The van der Waals surface area contributed by atoms with Crippen molar-refractivity contribution in [1.82, 2.24) is 10.3 Å². The molecule has 1 aromatic heterocycles. The SMILES string of the molecule is C/C1=C(/NC2=NCC(C(=O)O)(c3ccccn3)O2)C2=C(/C=C(\C)CCC1)CCC2. The highest BCUT2D eigenvalue weighted by Crippen LogP contribution is 2.36. The molecular formula is C23H27N3O3. The number of rotatable bonds is 3. The second kappa shape index (κ2) is 7.85. The first-order valence-electron chi connectivity index (χ1n) is 10.2. The van der Waals surface area contributed by atoms with Crippen LogP contribution < -0.4 is 5.32 Å². The minimum Gasteiger partial charge on any atom is -0.478 e. The molecule has 0 saturated heterocycles. The lowest BCUT2D eigenvalue weighted by Crippen LogP contribution is -2.42. The molecule has 2 heterocycles. The van der Waals surface area contributed by atoms with E-state index in [1.54, 1.807) is 24.4 Å². The number of aliphatic carboxylic acids is 1. The summed E-state index contributed by atoms with van der Waals surface area (Å²) >= 11 is 0. The largest absolute Gasteiger partial charge is 0.478 e. The van der Waals surface area contributed by atoms with E-state index in [2.05, 4.69) is 35.2 Å². The van der Waals surface area contributed by atoms with E-state index in [1.165, 1.54) is 22.3 Å². The molecule has 2 N–H and O–H groups in total. The molecule has 0 aromatic carbocycles. The third kappa shape index (κ3) is 3.71. The molecule has 2 aliphatic carbocycles. The van der Waals surface area contributed by atoms with E-state index in [9.17, 15) is 9.90 Å². The molecule has 29 heavy (non-hydrogen) atoms. The number of carbonyl (C=O) groups is 1. The number of amidine groups is 1. The van der Waals surface area contributed by atoms with Gasteiger partial charge in [0.05, 0.1) is 5.69 Å². The average Bonchev–Trinajstić information content (AvgIpc) is 3.34. The Morgan fingerprint density at radius 2 is 2.00 bits per heavy atom. The van der Waals surface area contributed by atoms with Gasteiger partial charge in [0, 0.05) is 11.9 Å². The highest BCUT2D eigenvalue weighted by Gasteiger charge is 2.49. The van der Waals surface area contributed by atoms with Crippen LogP contribution in [0.15, 0.2) is 63.5 Å². The van der Waals surface area contributed by atoms with Crippen LogP contribution in [0.4, 0.5) is 0 Å². The Balaban J connectivity index is 1.64. The summed E-state index contributed by atoms with van der Waals surface area (Å²) in [5.74, 6) is -1.09. The van der Waals surface area contributed by atoms with E-state index in [0.717, 1.165) is 44.2 Å². The van der Waals surface area contributed by atoms with Crippen LogP contribution in [0.1, 0.15) is 58.1 Å². The lowest BCUT2D eigenvalue weighted by atomic mass is 9.99. The maximum atomic E-state index is 12.1. The fourth-order valence-electron chi connectivity index (χ4n) is 4.32. The summed E-state index contributed by atoms with van der Waals surface area (Å²) in [6.45, 7) is 4.35. The zero-order valence-corrected chi connectivity index (χ0v) is 17.0. The molecule has 3 aliphatic rings. The maximum absolute atomic E-state index is 12.1. The van der Waals surface area contributed by atoms with Gasteiger partial charge in [0.25, 0.3) is 11.6 Å². The van der Waals surface area contributed by atoms with Crippen molar-refractivity contribution in [1.29, 1.82) is 0 Å². The minimum atomic E-state index is -1.58. The van der Waals surface area contributed by atoms with Crippen molar-refractivity contribution < 1.29 is 14.6 Å². The van der Waals surface area contributed by atoms with E-state index >= 15 is 0 Å². The Kier molecular flexibility index (Phi) is 5.26. The number of carboxylic acids is 1. The topological polar surface area (TPSA) is 83.8 Å². The zero-order valence-electron chi connectivity index (χ0n) is 17.0. The summed E-state index contributed by atoms with van der Waals surface area (Å²) in [5, 5.41) is 13.3.